The molecule has 2 aromatic rings. The highest BCUT2D eigenvalue weighted by Crippen LogP contribution is 2.36. The Balaban J connectivity index is 1.71. The second kappa shape index (κ2) is 6.08. The fourth-order valence-electron chi connectivity index (χ4n) is 3.35. The number of carbonyl (C=O) groups excluding carboxylic acids is 1. The fourth-order valence-corrected chi connectivity index (χ4v) is 3.53. The first-order valence-corrected chi connectivity index (χ1v) is 8.49. The molecular formula is C19H18ClN3O2. The number of methoxy groups -OCH3 is 1. The van der Waals surface area contributed by atoms with E-state index in [1.54, 1.807) is 7.11 Å². The van der Waals surface area contributed by atoms with Crippen LogP contribution in [0.15, 0.2) is 41.4 Å². The summed E-state index contributed by atoms with van der Waals surface area (Å²) in [7, 11) is 1.65. The molecule has 2 aliphatic heterocycles. The van der Waals surface area contributed by atoms with E-state index in [0.29, 0.717) is 13.1 Å². The average molecular weight is 356 g/mol. The van der Waals surface area contributed by atoms with E-state index in [2.05, 4.69) is 9.89 Å². The van der Waals surface area contributed by atoms with Crippen molar-refractivity contribution < 1.29 is 9.53 Å². The molecule has 4 rings (SSSR count). The molecule has 2 aliphatic rings. The molecule has 128 valence electrons. The molecule has 0 radical (unpaired) electrons. The third kappa shape index (κ3) is 2.74. The number of fused-ring (bicyclic) bond motifs is 3. The Labute approximate surface area is 151 Å². The molecule has 0 spiro atoms. The molecule has 1 amide bonds. The zero-order valence-corrected chi connectivity index (χ0v) is 14.9. The maximum Gasteiger partial charge on any atom is 0.268 e. The molecule has 0 aliphatic carbocycles. The Kier molecular flexibility index (Phi) is 3.88. The SMILES string of the molecule is COc1ccc(CN2Cc3c(ccc(Cl)c3C)N3CC(=O)N=C23)cc1. The molecule has 0 N–H and O–H groups in total. The van der Waals surface area contributed by atoms with Gasteiger partial charge in [-0.05, 0) is 47.9 Å². The Morgan fingerprint density at radius 1 is 1.16 bits per heavy atom. The van der Waals surface area contributed by atoms with Crippen LogP contribution in [0.4, 0.5) is 5.69 Å². The van der Waals surface area contributed by atoms with Gasteiger partial charge in [0.1, 0.15) is 12.3 Å². The van der Waals surface area contributed by atoms with Gasteiger partial charge in [0, 0.05) is 23.8 Å². The van der Waals surface area contributed by atoms with Gasteiger partial charge in [0.25, 0.3) is 5.91 Å². The topological polar surface area (TPSA) is 45.1 Å². The first-order valence-electron chi connectivity index (χ1n) is 8.11. The van der Waals surface area contributed by atoms with Gasteiger partial charge >= 0.3 is 0 Å². The highest BCUT2D eigenvalue weighted by Gasteiger charge is 2.35. The van der Waals surface area contributed by atoms with Crippen LogP contribution in [0.25, 0.3) is 0 Å². The monoisotopic (exact) mass is 355 g/mol. The van der Waals surface area contributed by atoms with E-state index in [4.69, 9.17) is 16.3 Å². The predicted molar refractivity (Wildman–Crippen MR) is 98.2 cm³/mol. The molecule has 0 saturated heterocycles. The molecule has 2 aromatic carbocycles. The zero-order chi connectivity index (χ0) is 17.6. The molecule has 2 heterocycles. The summed E-state index contributed by atoms with van der Waals surface area (Å²) in [5.74, 6) is 1.43. The van der Waals surface area contributed by atoms with Crippen LogP contribution in [0.2, 0.25) is 5.02 Å². The van der Waals surface area contributed by atoms with E-state index in [9.17, 15) is 4.79 Å². The first kappa shape index (κ1) is 16.0. The maximum atomic E-state index is 12.0. The number of ether oxygens (including phenoxy) is 1. The minimum atomic E-state index is -0.116. The molecular weight excluding hydrogens is 338 g/mol. The summed E-state index contributed by atoms with van der Waals surface area (Å²) in [4.78, 5) is 20.3. The molecule has 0 bridgehead atoms. The van der Waals surface area contributed by atoms with Gasteiger partial charge in [-0.3, -0.25) is 4.79 Å². The van der Waals surface area contributed by atoms with Gasteiger partial charge in [-0.15, -0.1) is 0 Å². The van der Waals surface area contributed by atoms with E-state index < -0.39 is 0 Å². The third-order valence-corrected chi connectivity index (χ3v) is 5.13. The van der Waals surface area contributed by atoms with E-state index in [1.807, 2.05) is 48.2 Å². The van der Waals surface area contributed by atoms with E-state index in [1.165, 1.54) is 0 Å². The van der Waals surface area contributed by atoms with E-state index >= 15 is 0 Å². The van der Waals surface area contributed by atoms with Crippen LogP contribution in [0, 0.1) is 6.92 Å². The predicted octanol–water partition coefficient (Wildman–Crippen LogP) is 3.38. The van der Waals surface area contributed by atoms with Gasteiger partial charge < -0.3 is 14.5 Å². The van der Waals surface area contributed by atoms with Gasteiger partial charge in [-0.1, -0.05) is 23.7 Å². The number of aliphatic imine (C=N–C) groups is 1. The fraction of sp³-hybridized carbons (Fsp3) is 0.263. The van der Waals surface area contributed by atoms with E-state index in [-0.39, 0.29) is 12.5 Å². The van der Waals surface area contributed by atoms with Crippen LogP contribution in [0.1, 0.15) is 16.7 Å². The minimum absolute atomic E-state index is 0.116. The van der Waals surface area contributed by atoms with Crippen molar-refractivity contribution in [3.63, 3.8) is 0 Å². The number of carbonyl (C=O) groups is 1. The van der Waals surface area contributed by atoms with Crippen molar-refractivity contribution in [1.82, 2.24) is 4.90 Å². The second-order valence-corrected chi connectivity index (χ2v) is 6.67. The lowest BCUT2D eigenvalue weighted by atomic mass is 10.0. The van der Waals surface area contributed by atoms with Crippen LogP contribution in [0.5, 0.6) is 5.75 Å². The van der Waals surface area contributed by atoms with Crippen LogP contribution in [-0.4, -0.2) is 30.4 Å². The highest BCUT2D eigenvalue weighted by molar-refractivity contribution is 6.31. The summed E-state index contributed by atoms with van der Waals surface area (Å²) in [5.41, 5.74) is 4.36. The van der Waals surface area contributed by atoms with Crippen molar-refractivity contribution in [3.8, 4) is 5.75 Å². The van der Waals surface area contributed by atoms with Gasteiger partial charge in [-0.2, -0.15) is 4.99 Å². The largest absolute Gasteiger partial charge is 0.497 e. The number of anilines is 1. The van der Waals surface area contributed by atoms with Crippen molar-refractivity contribution in [2.24, 2.45) is 4.99 Å². The van der Waals surface area contributed by atoms with Crippen molar-refractivity contribution in [2.45, 2.75) is 20.0 Å². The number of hydrogen-bond acceptors (Lipinski definition) is 4. The van der Waals surface area contributed by atoms with Crippen LogP contribution in [-0.2, 0) is 17.9 Å². The summed E-state index contributed by atoms with van der Waals surface area (Å²) in [6, 6.07) is 11.8. The third-order valence-electron chi connectivity index (χ3n) is 4.72. The molecule has 0 unspecified atom stereocenters. The summed E-state index contributed by atoms with van der Waals surface area (Å²) < 4.78 is 5.21. The van der Waals surface area contributed by atoms with Crippen molar-refractivity contribution in [2.75, 3.05) is 18.6 Å². The highest BCUT2D eigenvalue weighted by atomic mass is 35.5. The van der Waals surface area contributed by atoms with Gasteiger partial charge in [-0.25, -0.2) is 0 Å². The lowest BCUT2D eigenvalue weighted by molar-refractivity contribution is -0.115. The van der Waals surface area contributed by atoms with Crippen molar-refractivity contribution in [3.05, 3.63) is 58.1 Å². The number of nitrogens with zero attached hydrogens (tertiary/aromatic N) is 3. The quantitative estimate of drug-likeness (QED) is 0.846. The summed E-state index contributed by atoms with van der Waals surface area (Å²) in [6.07, 6.45) is 0. The summed E-state index contributed by atoms with van der Waals surface area (Å²) >= 11 is 6.31. The number of benzene rings is 2. The van der Waals surface area contributed by atoms with E-state index in [0.717, 1.165) is 39.1 Å². The second-order valence-electron chi connectivity index (χ2n) is 6.27. The number of hydrogen-bond donors (Lipinski definition) is 0. The molecule has 25 heavy (non-hydrogen) atoms. The zero-order valence-electron chi connectivity index (χ0n) is 14.1. The van der Waals surface area contributed by atoms with Gasteiger partial charge in [0.15, 0.2) is 0 Å². The summed E-state index contributed by atoms with van der Waals surface area (Å²) in [6.45, 7) is 3.64. The minimum Gasteiger partial charge on any atom is -0.497 e. The number of halogens is 1. The number of guanidine groups is 1. The lowest BCUT2D eigenvalue weighted by Gasteiger charge is -2.38. The normalized spacial score (nSPS) is 15.8. The maximum absolute atomic E-state index is 12.0. The number of rotatable bonds is 3. The summed E-state index contributed by atoms with van der Waals surface area (Å²) in [5, 5.41) is 0.744. The Morgan fingerprint density at radius 2 is 1.92 bits per heavy atom. The average Bonchev–Trinajstić information content (AvgIpc) is 3.01. The molecule has 0 atom stereocenters. The van der Waals surface area contributed by atoms with Crippen LogP contribution in [0.3, 0.4) is 0 Å². The first-order chi connectivity index (χ1) is 12.1. The van der Waals surface area contributed by atoms with Crippen LogP contribution < -0.4 is 9.64 Å². The Morgan fingerprint density at radius 3 is 2.64 bits per heavy atom. The number of amides is 1. The molecule has 6 heteroatoms. The molecule has 0 fully saturated rings. The molecule has 0 saturated carbocycles. The molecule has 0 aromatic heterocycles. The van der Waals surface area contributed by atoms with Gasteiger partial charge in [0.05, 0.1) is 7.11 Å². The van der Waals surface area contributed by atoms with Gasteiger partial charge in [0.2, 0.25) is 5.96 Å². The van der Waals surface area contributed by atoms with Crippen molar-refractivity contribution >= 4 is 29.2 Å². The van der Waals surface area contributed by atoms with Crippen LogP contribution >= 0.6 is 11.6 Å². The smallest absolute Gasteiger partial charge is 0.268 e. The standard InChI is InChI=1S/C19H18ClN3O2/c1-12-15-10-22(9-13-3-5-14(25-2)6-4-13)19-21-18(24)11-23(19)17(15)8-7-16(12)20/h3-8H,9-11H2,1-2H3. The lowest BCUT2D eigenvalue weighted by Crippen LogP contribution is -2.45. The Bertz CT molecular complexity index is 877. The Hall–Kier alpha value is -2.53. The molecule has 5 nitrogen and oxygen atoms in total. The van der Waals surface area contributed by atoms with Crippen molar-refractivity contribution in [1.29, 1.82) is 0 Å².